The lowest BCUT2D eigenvalue weighted by atomic mass is 10.5. The van der Waals surface area contributed by atoms with Gasteiger partial charge in [-0.2, -0.15) is 0 Å². The highest BCUT2D eigenvalue weighted by Crippen LogP contribution is 2.41. The Hall–Kier alpha value is 0.217. The van der Waals surface area contributed by atoms with Crippen molar-refractivity contribution in [2.24, 2.45) is 5.92 Å². The molecule has 0 aromatic carbocycles. The summed E-state index contributed by atoms with van der Waals surface area (Å²) in [6.45, 7) is 7.25. The van der Waals surface area contributed by atoms with Crippen molar-refractivity contribution in [3.05, 3.63) is 0 Å². The van der Waals surface area contributed by atoms with Gasteiger partial charge in [-0.1, -0.05) is 57.8 Å². The summed E-state index contributed by atoms with van der Waals surface area (Å²) in [6, 6.07) is 6.22. The van der Waals surface area contributed by atoms with Crippen LogP contribution in [0.1, 0.15) is 33.6 Å². The number of hydrogen-bond donors (Lipinski definition) is 0. The van der Waals surface area contributed by atoms with Gasteiger partial charge >= 0.3 is 0 Å². The normalized spacial score (nSPS) is 18.8. The van der Waals surface area contributed by atoms with E-state index in [0.717, 1.165) is 0 Å². The fraction of sp³-hybridized carbons (Fsp3) is 1.00. The van der Waals surface area contributed by atoms with Crippen molar-refractivity contribution in [2.45, 2.75) is 57.8 Å². The standard InChI is InChI=1S/C10H22Si/c1-4-11(5-2,6-3)9-10-7-8-10/h10H,4-9H2,1-3H3. The Bertz CT molecular complexity index is 104. The van der Waals surface area contributed by atoms with Crippen molar-refractivity contribution >= 4 is 8.07 Å². The van der Waals surface area contributed by atoms with Gasteiger partial charge in [-0.15, -0.1) is 0 Å². The monoisotopic (exact) mass is 170 g/mol. The van der Waals surface area contributed by atoms with Gasteiger partial charge in [0.2, 0.25) is 0 Å². The van der Waals surface area contributed by atoms with Crippen molar-refractivity contribution in [3.63, 3.8) is 0 Å². The first-order chi connectivity index (χ1) is 5.26. The van der Waals surface area contributed by atoms with Gasteiger partial charge < -0.3 is 0 Å². The van der Waals surface area contributed by atoms with Crippen LogP contribution in [0.15, 0.2) is 0 Å². The lowest BCUT2D eigenvalue weighted by Gasteiger charge is -2.27. The smallest absolute Gasteiger partial charge is 0.0530 e. The number of hydrogen-bond acceptors (Lipinski definition) is 0. The molecule has 0 amide bonds. The Morgan fingerprint density at radius 1 is 1.00 bits per heavy atom. The third-order valence-electron chi connectivity index (χ3n) is 3.67. The molecule has 0 radical (unpaired) electrons. The molecule has 0 aliphatic heterocycles. The van der Waals surface area contributed by atoms with Crippen LogP contribution in [0.4, 0.5) is 0 Å². The maximum absolute atomic E-state index is 2.42. The van der Waals surface area contributed by atoms with E-state index in [0.29, 0.717) is 0 Å². The van der Waals surface area contributed by atoms with Gasteiger partial charge in [0.15, 0.2) is 0 Å². The SMILES string of the molecule is CC[Si](CC)(CC)CC1CC1. The third-order valence-corrected chi connectivity index (χ3v) is 9.61. The molecular formula is C10H22Si. The lowest BCUT2D eigenvalue weighted by molar-refractivity contribution is 0.913. The second-order valence-electron chi connectivity index (χ2n) is 4.21. The molecule has 0 nitrogen and oxygen atoms in total. The summed E-state index contributed by atoms with van der Waals surface area (Å²) in [4.78, 5) is 0. The van der Waals surface area contributed by atoms with Gasteiger partial charge in [0, 0.05) is 0 Å². The molecule has 0 aromatic heterocycles. The molecule has 1 saturated carbocycles. The summed E-state index contributed by atoms with van der Waals surface area (Å²) in [6.07, 6.45) is 3.10. The van der Waals surface area contributed by atoms with Gasteiger partial charge in [0.25, 0.3) is 0 Å². The van der Waals surface area contributed by atoms with Crippen molar-refractivity contribution < 1.29 is 0 Å². The van der Waals surface area contributed by atoms with E-state index in [4.69, 9.17) is 0 Å². The molecule has 1 aliphatic carbocycles. The van der Waals surface area contributed by atoms with Crippen molar-refractivity contribution in [1.29, 1.82) is 0 Å². The highest BCUT2D eigenvalue weighted by Gasteiger charge is 2.34. The van der Waals surface area contributed by atoms with E-state index in [1.54, 1.807) is 18.9 Å². The maximum Gasteiger partial charge on any atom is 0.0530 e. The van der Waals surface area contributed by atoms with Crippen molar-refractivity contribution in [1.82, 2.24) is 0 Å². The van der Waals surface area contributed by atoms with Crippen LogP contribution in [0, 0.1) is 5.92 Å². The van der Waals surface area contributed by atoms with Crippen LogP contribution in [0.25, 0.3) is 0 Å². The first-order valence-electron chi connectivity index (χ1n) is 5.26. The summed E-state index contributed by atoms with van der Waals surface area (Å²) in [5.74, 6) is 1.17. The van der Waals surface area contributed by atoms with Crippen LogP contribution in [0.5, 0.6) is 0 Å². The molecule has 0 N–H and O–H groups in total. The van der Waals surface area contributed by atoms with Crippen LogP contribution in [0.3, 0.4) is 0 Å². The summed E-state index contributed by atoms with van der Waals surface area (Å²) in [5.41, 5.74) is 0. The molecule has 11 heavy (non-hydrogen) atoms. The quantitative estimate of drug-likeness (QED) is 0.549. The lowest BCUT2D eigenvalue weighted by Crippen LogP contribution is -2.31. The van der Waals surface area contributed by atoms with Crippen LogP contribution in [-0.4, -0.2) is 8.07 Å². The fourth-order valence-electron chi connectivity index (χ4n) is 2.12. The Morgan fingerprint density at radius 2 is 1.45 bits per heavy atom. The Morgan fingerprint density at radius 3 is 1.73 bits per heavy atom. The minimum absolute atomic E-state index is 0.718. The molecule has 0 aromatic rings. The second kappa shape index (κ2) is 3.75. The zero-order valence-corrected chi connectivity index (χ0v) is 9.32. The fourth-order valence-corrected chi connectivity index (χ4v) is 6.12. The number of rotatable bonds is 5. The molecule has 0 atom stereocenters. The topological polar surface area (TPSA) is 0 Å². The Kier molecular flexibility index (Phi) is 3.17. The maximum atomic E-state index is 2.42. The Balaban J connectivity index is 2.39. The van der Waals surface area contributed by atoms with Crippen molar-refractivity contribution in [3.8, 4) is 0 Å². The van der Waals surface area contributed by atoms with Crippen LogP contribution < -0.4 is 0 Å². The third kappa shape index (κ3) is 2.33. The molecule has 1 aliphatic rings. The summed E-state index contributed by atoms with van der Waals surface area (Å²) >= 11 is 0. The van der Waals surface area contributed by atoms with Crippen LogP contribution in [0.2, 0.25) is 24.2 Å². The second-order valence-corrected chi connectivity index (χ2v) is 9.74. The predicted molar refractivity (Wildman–Crippen MR) is 54.7 cm³/mol. The van der Waals surface area contributed by atoms with Gasteiger partial charge in [-0.25, -0.2) is 0 Å². The molecule has 0 saturated heterocycles. The van der Waals surface area contributed by atoms with E-state index in [9.17, 15) is 0 Å². The zero-order chi connectivity index (χ0) is 8.32. The van der Waals surface area contributed by atoms with Gasteiger partial charge in [0.05, 0.1) is 8.07 Å². The molecule has 1 rings (SSSR count). The van der Waals surface area contributed by atoms with Gasteiger partial charge in [0.1, 0.15) is 0 Å². The van der Waals surface area contributed by atoms with Gasteiger partial charge in [-0.3, -0.25) is 0 Å². The van der Waals surface area contributed by atoms with E-state index >= 15 is 0 Å². The Labute approximate surface area is 72.4 Å². The molecule has 66 valence electrons. The molecule has 1 fully saturated rings. The molecular weight excluding hydrogens is 148 g/mol. The highest BCUT2D eigenvalue weighted by atomic mass is 28.3. The first-order valence-corrected chi connectivity index (χ1v) is 8.09. The van der Waals surface area contributed by atoms with E-state index < -0.39 is 8.07 Å². The minimum atomic E-state index is -0.718. The highest BCUT2D eigenvalue weighted by molar-refractivity contribution is 6.79. The van der Waals surface area contributed by atoms with E-state index in [2.05, 4.69) is 20.8 Å². The zero-order valence-electron chi connectivity index (χ0n) is 8.32. The molecule has 0 unspecified atom stereocenters. The minimum Gasteiger partial charge on any atom is -0.0678 e. The summed E-state index contributed by atoms with van der Waals surface area (Å²) in [7, 11) is -0.718. The molecule has 0 spiro atoms. The largest absolute Gasteiger partial charge is 0.0678 e. The average molecular weight is 170 g/mol. The average Bonchev–Trinajstić information content (AvgIpc) is 2.84. The summed E-state index contributed by atoms with van der Waals surface area (Å²) < 4.78 is 0. The molecule has 0 heterocycles. The molecule has 1 heteroatoms. The molecule has 0 bridgehead atoms. The van der Waals surface area contributed by atoms with Crippen molar-refractivity contribution in [2.75, 3.05) is 0 Å². The first kappa shape index (κ1) is 9.31. The van der Waals surface area contributed by atoms with E-state index in [-0.39, 0.29) is 0 Å². The van der Waals surface area contributed by atoms with Crippen LogP contribution in [-0.2, 0) is 0 Å². The summed E-state index contributed by atoms with van der Waals surface area (Å²) in [5, 5.41) is 0. The van der Waals surface area contributed by atoms with Crippen LogP contribution >= 0.6 is 0 Å². The van der Waals surface area contributed by atoms with Gasteiger partial charge in [-0.05, 0) is 5.92 Å². The predicted octanol–water partition coefficient (Wildman–Crippen LogP) is 3.90. The van der Waals surface area contributed by atoms with E-state index in [1.807, 2.05) is 0 Å². The van der Waals surface area contributed by atoms with E-state index in [1.165, 1.54) is 24.1 Å².